The fraction of sp³-hybridized carbons (Fsp3) is 0.316. The molecule has 2 aromatic carbocycles. The quantitative estimate of drug-likeness (QED) is 0.763. The lowest BCUT2D eigenvalue weighted by Gasteiger charge is -2.40. The highest BCUT2D eigenvalue weighted by Crippen LogP contribution is 2.29. The van der Waals surface area contributed by atoms with Gasteiger partial charge in [-0.2, -0.15) is 0 Å². The number of ether oxygens (including phenoxy) is 1. The molecule has 5 nitrogen and oxygen atoms in total. The summed E-state index contributed by atoms with van der Waals surface area (Å²) in [6.07, 6.45) is 0. The third kappa shape index (κ3) is 3.42. The molecule has 0 spiro atoms. The second-order valence-electron chi connectivity index (χ2n) is 6.30. The molecule has 0 saturated carbocycles. The third-order valence-corrected chi connectivity index (χ3v) is 4.42. The van der Waals surface area contributed by atoms with Crippen LogP contribution in [0.4, 0.5) is 11.4 Å². The maximum atomic E-state index is 12.3. The molecule has 1 aliphatic rings. The molecule has 1 heterocycles. The summed E-state index contributed by atoms with van der Waals surface area (Å²) >= 11 is 0. The van der Waals surface area contributed by atoms with Gasteiger partial charge in [-0.25, -0.2) is 0 Å². The lowest BCUT2D eigenvalue weighted by molar-refractivity contribution is -0.128. The molecule has 1 fully saturated rings. The minimum Gasteiger partial charge on any atom is -0.396 e. The van der Waals surface area contributed by atoms with Crippen LogP contribution in [0.3, 0.4) is 0 Å². The Labute approximate surface area is 141 Å². The zero-order chi connectivity index (χ0) is 17.0. The van der Waals surface area contributed by atoms with E-state index < -0.39 is 0 Å². The topological polar surface area (TPSA) is 70.6 Å². The van der Waals surface area contributed by atoms with Gasteiger partial charge in [-0.1, -0.05) is 24.3 Å². The van der Waals surface area contributed by atoms with Gasteiger partial charge in [0.2, 0.25) is 0 Å². The molecule has 0 aliphatic carbocycles. The number of carbonyl (C=O) groups excluding carboxylic acids is 1. The molecular formula is C19H22N2O3. The fourth-order valence-electron chi connectivity index (χ4n) is 2.67. The lowest BCUT2D eigenvalue weighted by Crippen LogP contribution is -2.50. The summed E-state index contributed by atoms with van der Waals surface area (Å²) < 4.78 is 5.22. The zero-order valence-electron chi connectivity index (χ0n) is 13.7. The average Bonchev–Trinajstić information content (AvgIpc) is 2.58. The van der Waals surface area contributed by atoms with Crippen molar-refractivity contribution < 1.29 is 14.6 Å². The van der Waals surface area contributed by atoms with Gasteiger partial charge in [-0.3, -0.25) is 4.79 Å². The molecule has 0 unspecified atom stereocenters. The maximum Gasteiger partial charge on any atom is 0.255 e. The molecule has 0 radical (unpaired) electrons. The van der Waals surface area contributed by atoms with Crippen LogP contribution >= 0.6 is 0 Å². The SMILES string of the molecule is Cc1c(NCC2(CO)COC2)cccc1NC(=O)c1ccccc1. The Morgan fingerprint density at radius 3 is 2.46 bits per heavy atom. The molecule has 0 bridgehead atoms. The molecule has 1 amide bonds. The number of rotatable bonds is 6. The zero-order valence-corrected chi connectivity index (χ0v) is 13.7. The van der Waals surface area contributed by atoms with Gasteiger partial charge in [-0.15, -0.1) is 0 Å². The van der Waals surface area contributed by atoms with E-state index in [0.29, 0.717) is 25.3 Å². The lowest BCUT2D eigenvalue weighted by atomic mass is 9.87. The van der Waals surface area contributed by atoms with Crippen LogP contribution < -0.4 is 10.6 Å². The Balaban J connectivity index is 1.70. The van der Waals surface area contributed by atoms with Crippen LogP contribution in [-0.2, 0) is 4.74 Å². The average molecular weight is 326 g/mol. The van der Waals surface area contributed by atoms with E-state index in [1.54, 1.807) is 12.1 Å². The number of carbonyl (C=O) groups is 1. The van der Waals surface area contributed by atoms with Crippen LogP contribution in [0.2, 0.25) is 0 Å². The predicted molar refractivity (Wildman–Crippen MR) is 94.4 cm³/mol. The number of benzene rings is 2. The molecule has 1 saturated heterocycles. The summed E-state index contributed by atoms with van der Waals surface area (Å²) in [5.74, 6) is -0.130. The Hall–Kier alpha value is -2.37. The first-order valence-corrected chi connectivity index (χ1v) is 8.02. The van der Waals surface area contributed by atoms with Crippen LogP contribution in [0.25, 0.3) is 0 Å². The van der Waals surface area contributed by atoms with Crippen molar-refractivity contribution >= 4 is 17.3 Å². The van der Waals surface area contributed by atoms with Gasteiger partial charge >= 0.3 is 0 Å². The van der Waals surface area contributed by atoms with E-state index in [2.05, 4.69) is 10.6 Å². The minimum absolute atomic E-state index is 0.101. The largest absolute Gasteiger partial charge is 0.396 e. The molecule has 24 heavy (non-hydrogen) atoms. The molecule has 0 atom stereocenters. The van der Waals surface area contributed by atoms with E-state index in [9.17, 15) is 9.90 Å². The van der Waals surface area contributed by atoms with Crippen molar-refractivity contribution in [1.29, 1.82) is 0 Å². The van der Waals surface area contributed by atoms with Gasteiger partial charge < -0.3 is 20.5 Å². The molecule has 126 valence electrons. The van der Waals surface area contributed by atoms with Gasteiger partial charge in [0.15, 0.2) is 0 Å². The van der Waals surface area contributed by atoms with Crippen LogP contribution in [0.5, 0.6) is 0 Å². The Morgan fingerprint density at radius 1 is 1.12 bits per heavy atom. The third-order valence-electron chi connectivity index (χ3n) is 4.42. The number of hydrogen-bond acceptors (Lipinski definition) is 4. The fourth-order valence-corrected chi connectivity index (χ4v) is 2.67. The number of aliphatic hydroxyl groups excluding tert-OH is 1. The number of amides is 1. The smallest absolute Gasteiger partial charge is 0.255 e. The van der Waals surface area contributed by atoms with Crippen molar-refractivity contribution in [1.82, 2.24) is 0 Å². The highest BCUT2D eigenvalue weighted by molar-refractivity contribution is 6.04. The van der Waals surface area contributed by atoms with Crippen molar-refractivity contribution in [3.8, 4) is 0 Å². The van der Waals surface area contributed by atoms with Gasteiger partial charge in [0.25, 0.3) is 5.91 Å². The van der Waals surface area contributed by atoms with Crippen molar-refractivity contribution in [2.75, 3.05) is 37.0 Å². The molecule has 1 aliphatic heterocycles. The van der Waals surface area contributed by atoms with Crippen LogP contribution in [-0.4, -0.2) is 37.4 Å². The van der Waals surface area contributed by atoms with Gasteiger partial charge in [-0.05, 0) is 36.8 Å². The van der Waals surface area contributed by atoms with E-state index in [1.807, 2.05) is 43.3 Å². The van der Waals surface area contributed by atoms with E-state index in [4.69, 9.17) is 4.74 Å². The van der Waals surface area contributed by atoms with Crippen molar-refractivity contribution in [2.45, 2.75) is 6.92 Å². The normalized spacial score (nSPS) is 15.4. The highest BCUT2D eigenvalue weighted by Gasteiger charge is 2.37. The molecule has 3 rings (SSSR count). The molecule has 0 aromatic heterocycles. The van der Waals surface area contributed by atoms with Crippen molar-refractivity contribution in [3.63, 3.8) is 0 Å². The second kappa shape index (κ2) is 7.03. The molecular weight excluding hydrogens is 304 g/mol. The Bertz CT molecular complexity index is 706. The highest BCUT2D eigenvalue weighted by atomic mass is 16.5. The maximum absolute atomic E-state index is 12.3. The summed E-state index contributed by atoms with van der Waals surface area (Å²) in [6, 6.07) is 14.9. The Kier molecular flexibility index (Phi) is 4.83. The summed E-state index contributed by atoms with van der Waals surface area (Å²) in [6.45, 7) is 3.84. The summed E-state index contributed by atoms with van der Waals surface area (Å²) in [4.78, 5) is 12.3. The van der Waals surface area contributed by atoms with Crippen LogP contribution in [0.1, 0.15) is 15.9 Å². The van der Waals surface area contributed by atoms with Gasteiger partial charge in [0.1, 0.15) is 0 Å². The molecule has 2 aromatic rings. The molecule has 3 N–H and O–H groups in total. The van der Waals surface area contributed by atoms with E-state index in [0.717, 1.165) is 16.9 Å². The van der Waals surface area contributed by atoms with Crippen LogP contribution in [0.15, 0.2) is 48.5 Å². The monoisotopic (exact) mass is 326 g/mol. The van der Waals surface area contributed by atoms with Crippen molar-refractivity contribution in [3.05, 3.63) is 59.7 Å². The number of aliphatic hydroxyl groups is 1. The number of anilines is 2. The first-order chi connectivity index (χ1) is 11.6. The summed E-state index contributed by atoms with van der Waals surface area (Å²) in [5, 5.41) is 15.8. The second-order valence-corrected chi connectivity index (χ2v) is 6.30. The summed E-state index contributed by atoms with van der Waals surface area (Å²) in [5.41, 5.74) is 3.11. The van der Waals surface area contributed by atoms with Crippen LogP contribution in [0, 0.1) is 12.3 Å². The number of hydrogen-bond donors (Lipinski definition) is 3. The van der Waals surface area contributed by atoms with E-state index in [1.165, 1.54) is 0 Å². The number of nitrogens with one attached hydrogen (secondary N) is 2. The van der Waals surface area contributed by atoms with Crippen molar-refractivity contribution in [2.24, 2.45) is 5.41 Å². The molecule has 5 heteroatoms. The minimum atomic E-state index is -0.199. The first kappa shape index (κ1) is 16.5. The first-order valence-electron chi connectivity index (χ1n) is 8.02. The predicted octanol–water partition coefficient (Wildman–Crippen LogP) is 2.67. The standard InChI is InChI=1S/C19H22N2O3/c1-14-16(20-10-19(11-22)12-24-13-19)8-5-9-17(14)21-18(23)15-6-3-2-4-7-15/h2-9,20,22H,10-13H2,1H3,(H,21,23). The summed E-state index contributed by atoms with van der Waals surface area (Å²) in [7, 11) is 0. The van der Waals surface area contributed by atoms with Gasteiger partial charge in [0.05, 0.1) is 25.2 Å². The van der Waals surface area contributed by atoms with E-state index >= 15 is 0 Å². The van der Waals surface area contributed by atoms with Gasteiger partial charge in [0, 0.05) is 23.5 Å². The Morgan fingerprint density at radius 2 is 1.83 bits per heavy atom. The van der Waals surface area contributed by atoms with E-state index in [-0.39, 0.29) is 17.9 Å².